The Labute approximate surface area is 131 Å². The van der Waals surface area contributed by atoms with E-state index in [4.69, 9.17) is 9.47 Å². The highest BCUT2D eigenvalue weighted by atomic mass is 32.2. The number of fused-ring (bicyclic) bond motifs is 1. The van der Waals surface area contributed by atoms with Crippen molar-refractivity contribution in [3.63, 3.8) is 0 Å². The Balaban J connectivity index is 1.62. The van der Waals surface area contributed by atoms with Crippen molar-refractivity contribution in [1.82, 2.24) is 0 Å². The zero-order valence-corrected chi connectivity index (χ0v) is 12.7. The predicted molar refractivity (Wildman–Crippen MR) is 82.9 cm³/mol. The van der Waals surface area contributed by atoms with Crippen LogP contribution in [0.5, 0.6) is 11.5 Å². The number of anilines is 1. The van der Waals surface area contributed by atoms with Gasteiger partial charge in [-0.1, -0.05) is 0 Å². The molecule has 0 bridgehead atoms. The molecule has 3 rings (SSSR count). The molecule has 0 aromatic heterocycles. The van der Waals surface area contributed by atoms with Crippen molar-refractivity contribution in [2.45, 2.75) is 17.1 Å². The standard InChI is InChI=1S/C16H14FNO3S/c1-10(22-13-5-2-11(17)3-6-13)16(19)18-12-4-7-14-15(8-12)21-9-20-14/h2-8,10H,9H2,1H3,(H,18,19)/t10-/m0/s1. The summed E-state index contributed by atoms with van der Waals surface area (Å²) in [6.07, 6.45) is 0. The summed E-state index contributed by atoms with van der Waals surface area (Å²) >= 11 is 1.37. The third-order valence-electron chi connectivity index (χ3n) is 3.14. The van der Waals surface area contributed by atoms with Gasteiger partial charge in [0.2, 0.25) is 12.7 Å². The first-order valence-corrected chi connectivity index (χ1v) is 7.62. The highest BCUT2D eigenvalue weighted by Crippen LogP contribution is 2.34. The second-order valence-electron chi connectivity index (χ2n) is 4.77. The summed E-state index contributed by atoms with van der Waals surface area (Å²) in [4.78, 5) is 13.0. The SMILES string of the molecule is C[C@H](Sc1ccc(F)cc1)C(=O)Nc1ccc2c(c1)OCO2. The quantitative estimate of drug-likeness (QED) is 0.874. The number of benzene rings is 2. The lowest BCUT2D eigenvalue weighted by atomic mass is 10.2. The second kappa shape index (κ2) is 6.27. The third kappa shape index (κ3) is 3.33. The lowest BCUT2D eigenvalue weighted by molar-refractivity contribution is -0.115. The van der Waals surface area contributed by atoms with E-state index in [9.17, 15) is 9.18 Å². The van der Waals surface area contributed by atoms with E-state index in [2.05, 4.69) is 5.32 Å². The molecule has 1 atom stereocenters. The van der Waals surface area contributed by atoms with Gasteiger partial charge in [0.25, 0.3) is 0 Å². The number of hydrogen-bond acceptors (Lipinski definition) is 4. The zero-order valence-electron chi connectivity index (χ0n) is 11.8. The molecule has 0 radical (unpaired) electrons. The highest BCUT2D eigenvalue weighted by Gasteiger charge is 2.17. The molecule has 0 aliphatic carbocycles. The second-order valence-corrected chi connectivity index (χ2v) is 6.19. The number of carbonyl (C=O) groups is 1. The van der Waals surface area contributed by atoms with Crippen LogP contribution >= 0.6 is 11.8 Å². The van der Waals surface area contributed by atoms with Gasteiger partial charge in [-0.3, -0.25) is 4.79 Å². The van der Waals surface area contributed by atoms with Crippen LogP contribution in [0.15, 0.2) is 47.4 Å². The fourth-order valence-electron chi connectivity index (χ4n) is 1.99. The Bertz CT molecular complexity index is 690. The van der Waals surface area contributed by atoms with Gasteiger partial charge < -0.3 is 14.8 Å². The first kappa shape index (κ1) is 14.7. The molecule has 0 spiro atoms. The van der Waals surface area contributed by atoms with Crippen molar-refractivity contribution in [1.29, 1.82) is 0 Å². The maximum absolute atomic E-state index is 12.9. The minimum absolute atomic E-state index is 0.131. The average Bonchev–Trinajstić information content (AvgIpc) is 2.97. The van der Waals surface area contributed by atoms with Crippen molar-refractivity contribution >= 4 is 23.4 Å². The summed E-state index contributed by atoms with van der Waals surface area (Å²) in [5.74, 6) is 0.874. The van der Waals surface area contributed by atoms with Gasteiger partial charge in [-0.2, -0.15) is 0 Å². The van der Waals surface area contributed by atoms with Crippen molar-refractivity contribution in [3.8, 4) is 11.5 Å². The van der Waals surface area contributed by atoms with Gasteiger partial charge in [0.15, 0.2) is 11.5 Å². The summed E-state index contributed by atoms with van der Waals surface area (Å²) in [6.45, 7) is 2.00. The number of hydrogen-bond donors (Lipinski definition) is 1. The van der Waals surface area contributed by atoms with Crippen LogP contribution in [0.4, 0.5) is 10.1 Å². The molecule has 1 amide bonds. The van der Waals surface area contributed by atoms with E-state index in [0.29, 0.717) is 17.2 Å². The van der Waals surface area contributed by atoms with E-state index in [-0.39, 0.29) is 23.8 Å². The monoisotopic (exact) mass is 319 g/mol. The number of thioether (sulfide) groups is 1. The molecule has 1 aliphatic heterocycles. The first-order chi connectivity index (χ1) is 10.6. The number of rotatable bonds is 4. The third-order valence-corrected chi connectivity index (χ3v) is 4.25. The van der Waals surface area contributed by atoms with Gasteiger partial charge in [0, 0.05) is 16.6 Å². The van der Waals surface area contributed by atoms with Gasteiger partial charge in [-0.25, -0.2) is 4.39 Å². The Hall–Kier alpha value is -2.21. The van der Waals surface area contributed by atoms with E-state index in [1.807, 2.05) is 0 Å². The van der Waals surface area contributed by atoms with Crippen LogP contribution in [-0.4, -0.2) is 18.0 Å². The van der Waals surface area contributed by atoms with E-state index < -0.39 is 0 Å². The molecule has 22 heavy (non-hydrogen) atoms. The topological polar surface area (TPSA) is 47.6 Å². The smallest absolute Gasteiger partial charge is 0.237 e. The van der Waals surface area contributed by atoms with E-state index in [0.717, 1.165) is 4.90 Å². The summed E-state index contributed by atoms with van der Waals surface area (Å²) in [6, 6.07) is 11.3. The normalized spacial score (nSPS) is 13.7. The molecule has 6 heteroatoms. The molecule has 1 N–H and O–H groups in total. The maximum Gasteiger partial charge on any atom is 0.237 e. The summed E-state index contributed by atoms with van der Waals surface area (Å²) in [5, 5.41) is 2.52. The molecule has 0 unspecified atom stereocenters. The summed E-state index contributed by atoms with van der Waals surface area (Å²) in [7, 11) is 0. The van der Waals surface area contributed by atoms with Crippen LogP contribution < -0.4 is 14.8 Å². The molecule has 2 aromatic rings. The molecule has 114 valence electrons. The summed E-state index contributed by atoms with van der Waals surface area (Å²) in [5.41, 5.74) is 0.654. The van der Waals surface area contributed by atoms with Gasteiger partial charge in [-0.05, 0) is 43.3 Å². The number of nitrogens with one attached hydrogen (secondary N) is 1. The largest absolute Gasteiger partial charge is 0.454 e. The molecular formula is C16H14FNO3S. The summed E-state index contributed by atoms with van der Waals surface area (Å²) < 4.78 is 23.4. The minimum Gasteiger partial charge on any atom is -0.454 e. The Morgan fingerprint density at radius 2 is 1.91 bits per heavy atom. The van der Waals surface area contributed by atoms with Crippen LogP contribution in [0, 0.1) is 5.82 Å². The molecule has 4 nitrogen and oxygen atoms in total. The number of carbonyl (C=O) groups excluding carboxylic acids is 1. The van der Waals surface area contributed by atoms with E-state index in [1.54, 1.807) is 37.3 Å². The Morgan fingerprint density at radius 3 is 2.68 bits per heavy atom. The van der Waals surface area contributed by atoms with Gasteiger partial charge in [0.05, 0.1) is 5.25 Å². The van der Waals surface area contributed by atoms with Gasteiger partial charge >= 0.3 is 0 Å². The van der Waals surface area contributed by atoms with Crippen molar-refractivity contribution in [2.75, 3.05) is 12.1 Å². The van der Waals surface area contributed by atoms with Crippen molar-refractivity contribution in [2.24, 2.45) is 0 Å². The van der Waals surface area contributed by atoms with E-state index in [1.165, 1.54) is 23.9 Å². The molecular weight excluding hydrogens is 305 g/mol. The maximum atomic E-state index is 12.9. The minimum atomic E-state index is -0.309. The molecule has 0 fully saturated rings. The van der Waals surface area contributed by atoms with Crippen LogP contribution in [0.25, 0.3) is 0 Å². The fraction of sp³-hybridized carbons (Fsp3) is 0.188. The molecule has 0 saturated heterocycles. The lowest BCUT2D eigenvalue weighted by Crippen LogP contribution is -2.22. The van der Waals surface area contributed by atoms with Gasteiger partial charge in [0.1, 0.15) is 5.82 Å². The van der Waals surface area contributed by atoms with Crippen LogP contribution in [0.1, 0.15) is 6.92 Å². The van der Waals surface area contributed by atoms with Crippen LogP contribution in [0.3, 0.4) is 0 Å². The molecule has 1 heterocycles. The van der Waals surface area contributed by atoms with Crippen molar-refractivity contribution < 1.29 is 18.7 Å². The first-order valence-electron chi connectivity index (χ1n) is 6.74. The number of ether oxygens (including phenoxy) is 2. The van der Waals surface area contributed by atoms with Crippen LogP contribution in [-0.2, 0) is 4.79 Å². The number of amides is 1. The molecule has 1 aliphatic rings. The lowest BCUT2D eigenvalue weighted by Gasteiger charge is -2.12. The van der Waals surface area contributed by atoms with Crippen LogP contribution in [0.2, 0.25) is 0 Å². The zero-order chi connectivity index (χ0) is 15.5. The molecule has 2 aromatic carbocycles. The molecule has 0 saturated carbocycles. The average molecular weight is 319 g/mol. The number of halogens is 1. The Kier molecular flexibility index (Phi) is 4.20. The Morgan fingerprint density at radius 1 is 1.18 bits per heavy atom. The van der Waals surface area contributed by atoms with E-state index >= 15 is 0 Å². The predicted octanol–water partition coefficient (Wildman–Crippen LogP) is 3.67. The van der Waals surface area contributed by atoms with Crippen molar-refractivity contribution in [3.05, 3.63) is 48.3 Å². The highest BCUT2D eigenvalue weighted by molar-refractivity contribution is 8.00. The van der Waals surface area contributed by atoms with Gasteiger partial charge in [-0.15, -0.1) is 11.8 Å². The fourth-order valence-corrected chi connectivity index (χ4v) is 2.86.